The third-order valence-corrected chi connectivity index (χ3v) is 8.55. The van der Waals surface area contributed by atoms with Gasteiger partial charge >= 0.3 is 0 Å². The first kappa shape index (κ1) is 30.1. The Hall–Kier alpha value is -3.85. The second-order valence-corrected chi connectivity index (χ2v) is 12.4. The summed E-state index contributed by atoms with van der Waals surface area (Å²) >= 11 is 0. The Balaban J connectivity index is 1.48. The van der Waals surface area contributed by atoms with Crippen molar-refractivity contribution in [1.82, 2.24) is 10.2 Å². The van der Waals surface area contributed by atoms with Crippen LogP contribution in [0.25, 0.3) is 0 Å². The van der Waals surface area contributed by atoms with Gasteiger partial charge in [-0.05, 0) is 61.6 Å². The van der Waals surface area contributed by atoms with E-state index < -0.39 is 28.5 Å². The van der Waals surface area contributed by atoms with Crippen LogP contribution in [0.5, 0.6) is 5.75 Å². The number of anilines is 1. The van der Waals surface area contributed by atoms with Gasteiger partial charge in [-0.1, -0.05) is 73.5 Å². The van der Waals surface area contributed by atoms with Crippen LogP contribution in [0.15, 0.2) is 84.9 Å². The van der Waals surface area contributed by atoms with E-state index in [-0.39, 0.29) is 18.5 Å². The maximum absolute atomic E-state index is 13.7. The van der Waals surface area contributed by atoms with Crippen LogP contribution < -0.4 is 14.4 Å². The number of hydrogen-bond acceptors (Lipinski definition) is 5. The zero-order valence-electron chi connectivity index (χ0n) is 23.7. The molecule has 2 amide bonds. The Morgan fingerprint density at radius 3 is 2.07 bits per heavy atom. The molecule has 0 saturated heterocycles. The molecule has 218 valence electrons. The van der Waals surface area contributed by atoms with Crippen molar-refractivity contribution in [3.8, 4) is 5.75 Å². The zero-order valence-corrected chi connectivity index (χ0v) is 24.6. The van der Waals surface area contributed by atoms with Crippen molar-refractivity contribution < 1.29 is 22.7 Å². The molecule has 41 heavy (non-hydrogen) atoms. The summed E-state index contributed by atoms with van der Waals surface area (Å²) in [5.74, 6) is -0.0759. The summed E-state index contributed by atoms with van der Waals surface area (Å²) in [6, 6.07) is 25.4. The number of carbonyl (C=O) groups excluding carboxylic acids is 2. The van der Waals surface area contributed by atoms with E-state index >= 15 is 0 Å². The summed E-state index contributed by atoms with van der Waals surface area (Å²) in [6.45, 7) is 1.95. The Morgan fingerprint density at radius 1 is 0.902 bits per heavy atom. The van der Waals surface area contributed by atoms with Gasteiger partial charge < -0.3 is 15.0 Å². The highest BCUT2D eigenvalue weighted by Gasteiger charge is 2.31. The summed E-state index contributed by atoms with van der Waals surface area (Å²) < 4.78 is 32.6. The van der Waals surface area contributed by atoms with Crippen molar-refractivity contribution in [3.05, 3.63) is 96.1 Å². The fourth-order valence-electron chi connectivity index (χ4n) is 5.03. The molecule has 1 aliphatic carbocycles. The maximum atomic E-state index is 13.7. The molecule has 3 aromatic carbocycles. The Labute approximate surface area is 243 Å². The van der Waals surface area contributed by atoms with Gasteiger partial charge in [0.2, 0.25) is 21.8 Å². The molecule has 0 aliphatic heterocycles. The molecule has 8 nitrogen and oxygen atoms in total. The standard InChI is InChI=1S/C32H39N3O5S/c1-25(32(37)33-28-15-9-10-16-28)34(22-21-26-11-5-3-6-12-26)31(36)23-35(41(2,38)39)29-17-19-30(20-18-29)40-24-27-13-7-4-8-14-27/h3-8,11-14,17-20,25,28H,9-10,15-16,21-24H2,1-2H3,(H,33,37)/t25-/m0/s1. The lowest BCUT2D eigenvalue weighted by molar-refractivity contribution is -0.139. The van der Waals surface area contributed by atoms with Crippen molar-refractivity contribution in [1.29, 1.82) is 0 Å². The van der Waals surface area contributed by atoms with E-state index in [1.165, 1.54) is 4.90 Å². The van der Waals surface area contributed by atoms with Crippen LogP contribution in [0.2, 0.25) is 0 Å². The minimum atomic E-state index is -3.80. The van der Waals surface area contributed by atoms with E-state index in [9.17, 15) is 18.0 Å². The highest BCUT2D eigenvalue weighted by molar-refractivity contribution is 7.92. The van der Waals surface area contributed by atoms with Crippen LogP contribution in [0, 0.1) is 0 Å². The molecule has 4 rings (SSSR count). The molecule has 1 atom stereocenters. The Bertz CT molecular complexity index is 1380. The fraction of sp³-hybridized carbons (Fsp3) is 0.375. The lowest BCUT2D eigenvalue weighted by atomic mass is 10.1. The van der Waals surface area contributed by atoms with Crippen LogP contribution in [-0.4, -0.2) is 56.6 Å². The average Bonchev–Trinajstić information content (AvgIpc) is 3.49. The molecule has 1 N–H and O–H groups in total. The van der Waals surface area contributed by atoms with Crippen LogP contribution in [0.3, 0.4) is 0 Å². The van der Waals surface area contributed by atoms with Crippen molar-refractivity contribution in [2.45, 2.75) is 57.7 Å². The summed E-state index contributed by atoms with van der Waals surface area (Å²) in [5.41, 5.74) is 2.39. The van der Waals surface area contributed by atoms with Gasteiger partial charge in [0, 0.05) is 12.6 Å². The van der Waals surface area contributed by atoms with Crippen molar-refractivity contribution >= 4 is 27.5 Å². The fourth-order valence-corrected chi connectivity index (χ4v) is 5.87. The lowest BCUT2D eigenvalue weighted by Gasteiger charge is -2.32. The van der Waals surface area contributed by atoms with E-state index in [0.717, 1.165) is 47.4 Å². The first-order chi connectivity index (χ1) is 19.7. The third-order valence-electron chi connectivity index (χ3n) is 7.41. The van der Waals surface area contributed by atoms with Crippen LogP contribution in [0.4, 0.5) is 5.69 Å². The quantitative estimate of drug-likeness (QED) is 0.322. The van der Waals surface area contributed by atoms with Gasteiger partial charge in [-0.2, -0.15) is 0 Å². The number of sulfonamides is 1. The highest BCUT2D eigenvalue weighted by Crippen LogP contribution is 2.23. The lowest BCUT2D eigenvalue weighted by Crippen LogP contribution is -2.53. The first-order valence-electron chi connectivity index (χ1n) is 14.1. The predicted molar refractivity (Wildman–Crippen MR) is 161 cm³/mol. The van der Waals surface area contributed by atoms with Crippen LogP contribution in [-0.2, 0) is 32.6 Å². The van der Waals surface area contributed by atoms with Crippen LogP contribution >= 0.6 is 0 Å². The number of benzene rings is 3. The minimum Gasteiger partial charge on any atom is -0.489 e. The number of ether oxygens (including phenoxy) is 1. The summed E-state index contributed by atoms with van der Waals surface area (Å²) in [6.07, 6.45) is 5.64. The number of amides is 2. The van der Waals surface area contributed by atoms with Crippen molar-refractivity contribution in [3.63, 3.8) is 0 Å². The highest BCUT2D eigenvalue weighted by atomic mass is 32.2. The summed E-state index contributed by atoms with van der Waals surface area (Å²) in [5, 5.41) is 3.08. The molecular formula is C32H39N3O5S. The summed E-state index contributed by atoms with van der Waals surface area (Å²) in [4.78, 5) is 28.4. The van der Waals surface area contributed by atoms with Gasteiger partial charge in [0.05, 0.1) is 11.9 Å². The van der Waals surface area contributed by atoms with Gasteiger partial charge in [0.15, 0.2) is 0 Å². The minimum absolute atomic E-state index is 0.117. The maximum Gasteiger partial charge on any atom is 0.244 e. The number of nitrogens with zero attached hydrogens (tertiary/aromatic N) is 2. The van der Waals surface area contributed by atoms with Gasteiger partial charge in [-0.3, -0.25) is 13.9 Å². The monoisotopic (exact) mass is 577 g/mol. The topological polar surface area (TPSA) is 96.0 Å². The third kappa shape index (κ3) is 8.82. The largest absolute Gasteiger partial charge is 0.489 e. The van der Waals surface area contributed by atoms with E-state index in [0.29, 0.717) is 24.5 Å². The van der Waals surface area contributed by atoms with Crippen molar-refractivity contribution in [2.75, 3.05) is 23.7 Å². The Morgan fingerprint density at radius 2 is 1.49 bits per heavy atom. The number of carbonyl (C=O) groups is 2. The van der Waals surface area contributed by atoms with E-state index in [4.69, 9.17) is 4.74 Å². The molecule has 0 radical (unpaired) electrons. The molecule has 0 bridgehead atoms. The number of rotatable bonds is 13. The second kappa shape index (κ2) is 14.2. The molecule has 0 spiro atoms. The normalized spacial score (nSPS) is 14.3. The molecule has 0 aromatic heterocycles. The number of hydrogen-bond donors (Lipinski definition) is 1. The molecule has 3 aromatic rings. The van der Waals surface area contributed by atoms with E-state index in [1.807, 2.05) is 60.7 Å². The molecule has 1 saturated carbocycles. The SMILES string of the molecule is C[C@@H](C(=O)NC1CCCC1)N(CCc1ccccc1)C(=O)CN(c1ccc(OCc2ccccc2)cc1)S(C)(=O)=O. The smallest absolute Gasteiger partial charge is 0.244 e. The molecule has 0 heterocycles. The molecule has 1 aliphatic rings. The molecule has 9 heteroatoms. The second-order valence-electron chi connectivity index (χ2n) is 10.5. The number of nitrogens with one attached hydrogen (secondary N) is 1. The average molecular weight is 578 g/mol. The predicted octanol–water partition coefficient (Wildman–Crippen LogP) is 4.55. The van der Waals surface area contributed by atoms with E-state index in [1.54, 1.807) is 31.2 Å². The molecule has 0 unspecified atom stereocenters. The molecular weight excluding hydrogens is 538 g/mol. The zero-order chi connectivity index (χ0) is 29.2. The van der Waals surface area contributed by atoms with Gasteiger partial charge in [-0.15, -0.1) is 0 Å². The van der Waals surface area contributed by atoms with Gasteiger partial charge in [-0.25, -0.2) is 8.42 Å². The first-order valence-corrected chi connectivity index (χ1v) is 15.9. The van der Waals surface area contributed by atoms with Crippen molar-refractivity contribution in [2.24, 2.45) is 0 Å². The van der Waals surface area contributed by atoms with Gasteiger partial charge in [0.25, 0.3) is 0 Å². The summed E-state index contributed by atoms with van der Waals surface area (Å²) in [7, 11) is -3.80. The van der Waals surface area contributed by atoms with Crippen LogP contribution in [0.1, 0.15) is 43.7 Å². The van der Waals surface area contributed by atoms with Gasteiger partial charge in [0.1, 0.15) is 24.9 Å². The Kier molecular flexibility index (Phi) is 10.4. The van der Waals surface area contributed by atoms with E-state index in [2.05, 4.69) is 5.32 Å². The molecule has 1 fully saturated rings.